The van der Waals surface area contributed by atoms with Gasteiger partial charge in [-0.3, -0.25) is 14.7 Å². The quantitative estimate of drug-likeness (QED) is 0.192. The molecule has 2 aliphatic rings. The number of aromatic nitrogens is 2. The van der Waals surface area contributed by atoms with Crippen molar-refractivity contribution in [3.05, 3.63) is 76.6 Å². The lowest BCUT2D eigenvalue weighted by atomic mass is 9.75. The summed E-state index contributed by atoms with van der Waals surface area (Å²) in [5.74, 6) is -0.236. The Morgan fingerprint density at radius 3 is 2.50 bits per heavy atom. The lowest BCUT2D eigenvalue weighted by molar-refractivity contribution is -0.135. The van der Waals surface area contributed by atoms with Gasteiger partial charge in [-0.05, 0) is 53.5 Å². The molecule has 0 radical (unpaired) electrons. The van der Waals surface area contributed by atoms with Crippen molar-refractivity contribution in [1.29, 1.82) is 0 Å². The Morgan fingerprint density at radius 2 is 1.92 bits per heavy atom. The van der Waals surface area contributed by atoms with Gasteiger partial charge in [0.25, 0.3) is 5.91 Å². The zero-order chi connectivity index (χ0) is 34.8. The van der Waals surface area contributed by atoms with E-state index in [1.165, 1.54) is 17.3 Å². The van der Waals surface area contributed by atoms with Crippen molar-refractivity contribution in [2.75, 3.05) is 13.7 Å². The summed E-state index contributed by atoms with van der Waals surface area (Å²) in [6, 6.07) is 11.1. The van der Waals surface area contributed by atoms with Gasteiger partial charge in [-0.15, -0.1) is 0 Å². The summed E-state index contributed by atoms with van der Waals surface area (Å²) in [6.45, 7) is 2.94. The Balaban J connectivity index is 1.56. The molecule has 12 nitrogen and oxygen atoms in total. The molecule has 0 bridgehead atoms. The highest BCUT2D eigenvalue weighted by Crippen LogP contribution is 2.45. The number of alkyl halides is 2. The summed E-state index contributed by atoms with van der Waals surface area (Å²) >= 11 is 6.53. The molecule has 1 aliphatic carbocycles. The van der Waals surface area contributed by atoms with Crippen LogP contribution in [0.2, 0.25) is 5.02 Å². The lowest BCUT2D eigenvalue weighted by Crippen LogP contribution is -2.47. The molecule has 5 rings (SSSR count). The van der Waals surface area contributed by atoms with E-state index in [-0.39, 0.29) is 30.9 Å². The van der Waals surface area contributed by atoms with Crippen molar-refractivity contribution in [3.63, 3.8) is 0 Å². The summed E-state index contributed by atoms with van der Waals surface area (Å²) in [5.41, 5.74) is 13.0. The van der Waals surface area contributed by atoms with E-state index in [2.05, 4.69) is 20.4 Å². The SMILES string of the molecule is CN=C(N=CN)c1cc(C(COC(=O)NC2CC2)N2C(=O)C(CC(C)(C)C)(c3ccc(-c4cnn(C(F)F)c4)cc3)N=C2N)ccc1Cl. The van der Waals surface area contributed by atoms with Gasteiger partial charge in [0.1, 0.15) is 6.61 Å². The number of alkyl carbamates (subject to hydrolysis) is 1. The first-order valence-corrected chi connectivity index (χ1v) is 15.7. The number of hydrogen-bond donors (Lipinski definition) is 3. The van der Waals surface area contributed by atoms with Crippen LogP contribution in [0.25, 0.3) is 11.1 Å². The fraction of sp³-hybridized carbons (Fsp3) is 0.394. The minimum atomic E-state index is -2.77. The Labute approximate surface area is 281 Å². The van der Waals surface area contributed by atoms with Crippen LogP contribution in [-0.2, 0) is 15.1 Å². The minimum Gasteiger partial charge on any atom is -0.447 e. The van der Waals surface area contributed by atoms with Crippen molar-refractivity contribution < 1.29 is 23.1 Å². The molecule has 1 aliphatic heterocycles. The standard InChI is InChI=1S/C33H38ClF2N9O3/c1-32(2,3)17-33(22-8-5-19(6-9-22)21-14-41-44(15-21)29(35)36)28(46)45(30(38)43-33)26(16-48-31(47)42-23-10-11-23)20-7-12-25(34)24(13-20)27(39-4)40-18-37/h5-9,12-15,18,23,26,29H,10-11,16-17H2,1-4H3,(H2,38,43)(H,42,47)(H2,37,39,40). The number of halogens is 3. The van der Waals surface area contributed by atoms with Crippen LogP contribution in [0.3, 0.4) is 0 Å². The number of benzene rings is 2. The van der Waals surface area contributed by atoms with E-state index in [1.54, 1.807) is 49.5 Å². The van der Waals surface area contributed by atoms with Crippen molar-refractivity contribution in [2.45, 2.75) is 64.2 Å². The van der Waals surface area contributed by atoms with E-state index in [1.807, 2.05) is 20.8 Å². The number of hydrogen-bond acceptors (Lipinski definition) is 7. The summed E-state index contributed by atoms with van der Waals surface area (Å²) in [5, 5.41) is 6.85. The largest absolute Gasteiger partial charge is 0.447 e. The number of carbonyl (C=O) groups is 2. The fourth-order valence-corrected chi connectivity index (χ4v) is 5.96. The third kappa shape index (κ3) is 7.33. The molecule has 3 aromatic rings. The maximum Gasteiger partial charge on any atom is 0.407 e. The molecule has 1 saturated carbocycles. The van der Waals surface area contributed by atoms with Crippen molar-refractivity contribution >= 4 is 41.7 Å². The lowest BCUT2D eigenvalue weighted by Gasteiger charge is -2.35. The number of guanidine groups is 1. The van der Waals surface area contributed by atoms with Crippen LogP contribution < -0.4 is 16.8 Å². The first kappa shape index (κ1) is 34.5. The van der Waals surface area contributed by atoms with Crippen molar-refractivity contribution in [2.24, 2.45) is 31.9 Å². The van der Waals surface area contributed by atoms with Gasteiger partial charge in [-0.25, -0.2) is 19.5 Å². The van der Waals surface area contributed by atoms with Crippen LogP contribution in [0.5, 0.6) is 0 Å². The van der Waals surface area contributed by atoms with Gasteiger partial charge in [0.05, 0.1) is 23.6 Å². The first-order chi connectivity index (χ1) is 22.8. The molecule has 48 heavy (non-hydrogen) atoms. The highest BCUT2D eigenvalue weighted by Gasteiger charge is 2.53. The zero-order valence-electron chi connectivity index (χ0n) is 27.0. The Hall–Kier alpha value is -4.85. The van der Waals surface area contributed by atoms with Gasteiger partial charge in [-0.1, -0.05) is 62.7 Å². The molecule has 2 unspecified atom stereocenters. The van der Waals surface area contributed by atoms with Gasteiger partial charge >= 0.3 is 12.6 Å². The Kier molecular flexibility index (Phi) is 9.85. The van der Waals surface area contributed by atoms with Crippen molar-refractivity contribution in [1.82, 2.24) is 20.0 Å². The van der Waals surface area contributed by atoms with Crippen molar-refractivity contribution in [3.8, 4) is 11.1 Å². The minimum absolute atomic E-state index is 0.0581. The summed E-state index contributed by atoms with van der Waals surface area (Å²) in [6.07, 6.45) is 5.09. The molecule has 1 fully saturated rings. The summed E-state index contributed by atoms with van der Waals surface area (Å²) in [4.78, 5) is 42.0. The van der Waals surface area contributed by atoms with Gasteiger partial charge in [-0.2, -0.15) is 13.9 Å². The van der Waals surface area contributed by atoms with Crippen LogP contribution >= 0.6 is 11.6 Å². The second-order valence-corrected chi connectivity index (χ2v) is 13.3. The number of aliphatic imine (C=N–C) groups is 3. The molecule has 5 N–H and O–H groups in total. The number of carbonyl (C=O) groups excluding carboxylic acids is 2. The van der Waals surface area contributed by atoms with E-state index in [0.717, 1.165) is 19.2 Å². The summed E-state index contributed by atoms with van der Waals surface area (Å²) < 4.78 is 32.5. The number of rotatable bonds is 10. The number of nitrogens with one attached hydrogen (secondary N) is 1. The molecule has 2 atom stereocenters. The number of ether oxygens (including phenoxy) is 1. The third-order valence-electron chi connectivity index (χ3n) is 8.02. The van der Waals surface area contributed by atoms with E-state index < -0.39 is 35.5 Å². The number of amidine groups is 1. The zero-order valence-corrected chi connectivity index (χ0v) is 27.8. The normalized spacial score (nSPS) is 19.2. The monoisotopic (exact) mass is 681 g/mol. The Bertz CT molecular complexity index is 1760. The van der Waals surface area contributed by atoms with E-state index in [0.29, 0.717) is 37.5 Å². The van der Waals surface area contributed by atoms with Gasteiger partial charge in [0.15, 0.2) is 17.3 Å². The molecule has 2 amide bonds. The fourth-order valence-electron chi connectivity index (χ4n) is 5.76. The van der Waals surface area contributed by atoms with Crippen LogP contribution in [0, 0.1) is 5.41 Å². The molecule has 254 valence electrons. The van der Waals surface area contributed by atoms with E-state index >= 15 is 0 Å². The maximum atomic E-state index is 14.8. The highest BCUT2D eigenvalue weighted by atomic mass is 35.5. The second-order valence-electron chi connectivity index (χ2n) is 12.9. The number of nitrogens with zero attached hydrogens (tertiary/aromatic N) is 6. The molecule has 15 heteroatoms. The average molecular weight is 682 g/mol. The molecule has 0 spiro atoms. The van der Waals surface area contributed by atoms with E-state index in [4.69, 9.17) is 32.8 Å². The van der Waals surface area contributed by atoms with Gasteiger partial charge < -0.3 is 21.5 Å². The molecule has 1 aromatic heterocycles. The third-order valence-corrected chi connectivity index (χ3v) is 8.35. The molecular weight excluding hydrogens is 644 g/mol. The highest BCUT2D eigenvalue weighted by molar-refractivity contribution is 6.34. The Morgan fingerprint density at radius 1 is 1.21 bits per heavy atom. The smallest absolute Gasteiger partial charge is 0.407 e. The van der Waals surface area contributed by atoms with Crippen LogP contribution in [0.15, 0.2) is 69.8 Å². The van der Waals surface area contributed by atoms with Crippen LogP contribution in [0.4, 0.5) is 13.6 Å². The molecule has 0 saturated heterocycles. The molecule has 2 heterocycles. The second kappa shape index (κ2) is 13.7. The van der Waals surface area contributed by atoms with Gasteiger partial charge in [0.2, 0.25) is 0 Å². The number of nitrogens with two attached hydrogens (primary N) is 2. The first-order valence-electron chi connectivity index (χ1n) is 15.3. The maximum absolute atomic E-state index is 14.8. The predicted molar refractivity (Wildman–Crippen MR) is 180 cm³/mol. The van der Waals surface area contributed by atoms with E-state index in [9.17, 15) is 18.4 Å². The van der Waals surface area contributed by atoms with Crippen LogP contribution in [0.1, 0.15) is 69.3 Å². The van der Waals surface area contributed by atoms with Crippen LogP contribution in [-0.4, -0.2) is 64.5 Å². The number of amides is 2. The average Bonchev–Trinajstić information content (AvgIpc) is 3.63. The molecule has 2 aromatic carbocycles. The molecular formula is C33H38ClF2N9O3. The summed E-state index contributed by atoms with van der Waals surface area (Å²) in [7, 11) is 1.54. The topological polar surface area (TPSA) is 166 Å². The predicted octanol–water partition coefficient (Wildman–Crippen LogP) is 5.38. The van der Waals surface area contributed by atoms with Gasteiger partial charge in [0, 0.05) is 30.4 Å².